The van der Waals surface area contributed by atoms with Crippen molar-refractivity contribution in [3.63, 3.8) is 0 Å². The third kappa shape index (κ3) is 4.42. The van der Waals surface area contributed by atoms with Crippen molar-refractivity contribution >= 4 is 23.2 Å². The molecule has 0 saturated heterocycles. The van der Waals surface area contributed by atoms with Gasteiger partial charge in [-0.15, -0.1) is 11.3 Å². The zero-order valence-electron chi connectivity index (χ0n) is 10.5. The minimum absolute atomic E-state index is 0.0765. The summed E-state index contributed by atoms with van der Waals surface area (Å²) in [6.45, 7) is 4.56. The van der Waals surface area contributed by atoms with E-state index in [-0.39, 0.29) is 24.3 Å². The number of nitrogens with one attached hydrogen (secondary N) is 2. The van der Waals surface area contributed by atoms with Crippen LogP contribution in [-0.4, -0.2) is 29.9 Å². The lowest BCUT2D eigenvalue weighted by Gasteiger charge is -2.03. The van der Waals surface area contributed by atoms with Crippen LogP contribution in [0.15, 0.2) is 5.38 Å². The van der Waals surface area contributed by atoms with Crippen molar-refractivity contribution in [2.75, 3.05) is 13.1 Å². The number of aromatic nitrogens is 1. The summed E-state index contributed by atoms with van der Waals surface area (Å²) in [5.74, 6) is -0.352. The minimum Gasteiger partial charge on any atom is -0.356 e. The highest BCUT2D eigenvalue weighted by atomic mass is 32.1. The normalized spacial score (nSPS) is 11.9. The van der Waals surface area contributed by atoms with Gasteiger partial charge in [-0.2, -0.15) is 0 Å². The maximum atomic E-state index is 11.7. The summed E-state index contributed by atoms with van der Waals surface area (Å²) in [4.78, 5) is 27.0. The molecule has 1 unspecified atom stereocenters. The monoisotopic (exact) mass is 270 g/mol. The van der Waals surface area contributed by atoms with Gasteiger partial charge >= 0.3 is 0 Å². The predicted molar refractivity (Wildman–Crippen MR) is 70.4 cm³/mol. The highest BCUT2D eigenvalue weighted by Gasteiger charge is 2.12. The van der Waals surface area contributed by atoms with Crippen molar-refractivity contribution in [3.8, 4) is 0 Å². The summed E-state index contributed by atoms with van der Waals surface area (Å²) in [7, 11) is 0. The van der Waals surface area contributed by atoms with Crippen molar-refractivity contribution in [2.45, 2.75) is 26.3 Å². The van der Waals surface area contributed by atoms with E-state index in [2.05, 4.69) is 15.6 Å². The standard InChI is InChI=1S/C11H18N4O2S/c1-3-13-9(16)4-5-14-10(17)8-6-18-11(15-8)7(2)12/h6-7H,3-5,12H2,1-2H3,(H,13,16)(H,14,17). The fourth-order valence-electron chi connectivity index (χ4n) is 1.27. The molecular weight excluding hydrogens is 252 g/mol. The number of carbonyl (C=O) groups excluding carboxylic acids is 2. The average molecular weight is 270 g/mol. The fraction of sp³-hybridized carbons (Fsp3) is 0.545. The molecule has 0 saturated carbocycles. The van der Waals surface area contributed by atoms with E-state index in [1.807, 2.05) is 13.8 Å². The van der Waals surface area contributed by atoms with Crippen LogP contribution in [0.25, 0.3) is 0 Å². The first-order valence-electron chi connectivity index (χ1n) is 5.80. The Morgan fingerprint density at radius 2 is 2.22 bits per heavy atom. The molecule has 18 heavy (non-hydrogen) atoms. The largest absolute Gasteiger partial charge is 0.356 e. The molecule has 0 bridgehead atoms. The van der Waals surface area contributed by atoms with E-state index >= 15 is 0 Å². The minimum atomic E-state index is -0.276. The van der Waals surface area contributed by atoms with Crippen LogP contribution >= 0.6 is 11.3 Å². The highest BCUT2D eigenvalue weighted by Crippen LogP contribution is 2.15. The molecule has 0 radical (unpaired) electrons. The molecule has 0 aliphatic rings. The lowest BCUT2D eigenvalue weighted by atomic mass is 10.3. The van der Waals surface area contributed by atoms with Gasteiger partial charge in [0, 0.05) is 24.9 Å². The van der Waals surface area contributed by atoms with Crippen molar-refractivity contribution in [2.24, 2.45) is 5.73 Å². The molecule has 1 rings (SSSR count). The van der Waals surface area contributed by atoms with E-state index in [0.29, 0.717) is 18.8 Å². The first kappa shape index (κ1) is 14.6. The quantitative estimate of drug-likeness (QED) is 0.698. The molecule has 1 aromatic rings. The van der Waals surface area contributed by atoms with Gasteiger partial charge in [0.05, 0.1) is 6.04 Å². The van der Waals surface area contributed by atoms with Gasteiger partial charge < -0.3 is 16.4 Å². The van der Waals surface area contributed by atoms with Crippen LogP contribution in [0.3, 0.4) is 0 Å². The maximum Gasteiger partial charge on any atom is 0.270 e. The van der Waals surface area contributed by atoms with Gasteiger partial charge in [-0.25, -0.2) is 4.98 Å². The number of hydrogen-bond acceptors (Lipinski definition) is 5. The Morgan fingerprint density at radius 3 is 2.78 bits per heavy atom. The predicted octanol–water partition coefficient (Wildman–Crippen LogP) is 0.419. The van der Waals surface area contributed by atoms with Crippen molar-refractivity contribution in [1.82, 2.24) is 15.6 Å². The molecule has 0 aliphatic carbocycles. The Balaban J connectivity index is 2.38. The van der Waals surface area contributed by atoms with Gasteiger partial charge in [0.1, 0.15) is 10.7 Å². The van der Waals surface area contributed by atoms with Gasteiger partial charge in [-0.1, -0.05) is 0 Å². The molecule has 0 spiro atoms. The van der Waals surface area contributed by atoms with Crippen LogP contribution < -0.4 is 16.4 Å². The molecule has 7 heteroatoms. The summed E-state index contributed by atoms with van der Waals surface area (Å²) >= 11 is 1.36. The Labute approximate surface area is 110 Å². The lowest BCUT2D eigenvalue weighted by Crippen LogP contribution is -2.30. The van der Waals surface area contributed by atoms with Crippen LogP contribution in [-0.2, 0) is 4.79 Å². The number of nitrogens with zero attached hydrogens (tertiary/aromatic N) is 1. The molecule has 1 heterocycles. The zero-order chi connectivity index (χ0) is 13.5. The molecule has 0 aromatic carbocycles. The fourth-order valence-corrected chi connectivity index (χ4v) is 2.02. The van der Waals surface area contributed by atoms with Crippen LogP contribution in [0.1, 0.15) is 41.8 Å². The Bertz CT molecular complexity index is 417. The summed E-state index contributed by atoms with van der Waals surface area (Å²) < 4.78 is 0. The number of nitrogens with two attached hydrogens (primary N) is 1. The second kappa shape index (κ2) is 7.07. The molecule has 100 valence electrons. The van der Waals surface area contributed by atoms with E-state index in [9.17, 15) is 9.59 Å². The first-order valence-corrected chi connectivity index (χ1v) is 6.68. The molecule has 1 atom stereocenters. The van der Waals surface area contributed by atoms with E-state index in [1.165, 1.54) is 11.3 Å². The Kier molecular flexibility index (Phi) is 5.73. The van der Waals surface area contributed by atoms with Gasteiger partial charge in [-0.3, -0.25) is 9.59 Å². The smallest absolute Gasteiger partial charge is 0.270 e. The highest BCUT2D eigenvalue weighted by molar-refractivity contribution is 7.09. The van der Waals surface area contributed by atoms with Gasteiger partial charge in [0.2, 0.25) is 5.91 Å². The summed E-state index contributed by atoms with van der Waals surface area (Å²) in [6.07, 6.45) is 0.268. The molecule has 6 nitrogen and oxygen atoms in total. The van der Waals surface area contributed by atoms with Gasteiger partial charge in [-0.05, 0) is 13.8 Å². The van der Waals surface area contributed by atoms with Crippen LogP contribution in [0.5, 0.6) is 0 Å². The van der Waals surface area contributed by atoms with Crippen LogP contribution in [0, 0.1) is 0 Å². The number of rotatable bonds is 6. The molecule has 2 amide bonds. The molecule has 0 aliphatic heterocycles. The average Bonchev–Trinajstić information content (AvgIpc) is 2.78. The number of hydrogen-bond donors (Lipinski definition) is 3. The van der Waals surface area contributed by atoms with E-state index < -0.39 is 0 Å². The van der Waals surface area contributed by atoms with Crippen LogP contribution in [0.4, 0.5) is 0 Å². The summed E-state index contributed by atoms with van der Waals surface area (Å²) in [5, 5.41) is 7.69. The molecule has 1 aromatic heterocycles. The number of amides is 2. The second-order valence-electron chi connectivity index (χ2n) is 3.82. The molecular formula is C11H18N4O2S. The first-order chi connectivity index (χ1) is 8.54. The van der Waals surface area contributed by atoms with Crippen molar-refractivity contribution < 1.29 is 9.59 Å². The topological polar surface area (TPSA) is 97.1 Å². The number of thiazole rings is 1. The second-order valence-corrected chi connectivity index (χ2v) is 4.71. The zero-order valence-corrected chi connectivity index (χ0v) is 11.3. The van der Waals surface area contributed by atoms with Crippen LogP contribution in [0.2, 0.25) is 0 Å². The SMILES string of the molecule is CCNC(=O)CCNC(=O)c1csc(C(C)N)n1. The van der Waals surface area contributed by atoms with E-state index in [4.69, 9.17) is 5.73 Å². The van der Waals surface area contributed by atoms with Crippen molar-refractivity contribution in [3.05, 3.63) is 16.1 Å². The number of carbonyl (C=O) groups is 2. The Morgan fingerprint density at radius 1 is 1.50 bits per heavy atom. The van der Waals surface area contributed by atoms with Crippen molar-refractivity contribution in [1.29, 1.82) is 0 Å². The van der Waals surface area contributed by atoms with Gasteiger partial charge in [0.25, 0.3) is 5.91 Å². The molecule has 0 fully saturated rings. The Hall–Kier alpha value is -1.47. The van der Waals surface area contributed by atoms with Gasteiger partial charge in [0.15, 0.2) is 0 Å². The summed E-state index contributed by atoms with van der Waals surface area (Å²) in [6, 6.07) is -0.174. The lowest BCUT2D eigenvalue weighted by molar-refractivity contribution is -0.120. The third-order valence-electron chi connectivity index (χ3n) is 2.16. The molecule has 4 N–H and O–H groups in total. The van der Waals surface area contributed by atoms with E-state index in [0.717, 1.165) is 5.01 Å². The van der Waals surface area contributed by atoms with E-state index in [1.54, 1.807) is 5.38 Å². The summed E-state index contributed by atoms with van der Waals surface area (Å²) in [5.41, 5.74) is 6.01. The third-order valence-corrected chi connectivity index (χ3v) is 3.20. The maximum absolute atomic E-state index is 11.7.